The van der Waals surface area contributed by atoms with Gasteiger partial charge in [-0.2, -0.15) is 20.1 Å². The Labute approximate surface area is 177 Å². The van der Waals surface area contributed by atoms with Gasteiger partial charge in [-0.1, -0.05) is 23.7 Å². The van der Waals surface area contributed by atoms with Crippen molar-refractivity contribution in [3.63, 3.8) is 0 Å². The van der Waals surface area contributed by atoms with Crippen LogP contribution in [0.4, 0.5) is 27.9 Å². The summed E-state index contributed by atoms with van der Waals surface area (Å²) in [5.74, 6) is 0.772. The lowest BCUT2D eigenvalue weighted by molar-refractivity contribution is 0.122. The average molecular weight is 428 g/mol. The van der Waals surface area contributed by atoms with E-state index in [1.807, 2.05) is 17.0 Å². The highest BCUT2D eigenvalue weighted by atomic mass is 35.5. The van der Waals surface area contributed by atoms with Gasteiger partial charge in [-0.05, 0) is 42.0 Å². The predicted octanol–water partition coefficient (Wildman–Crippen LogP) is 3.69. The zero-order chi connectivity index (χ0) is 20.8. The summed E-state index contributed by atoms with van der Waals surface area (Å²) in [6.45, 7) is 2.54. The maximum atomic E-state index is 13.2. The predicted molar refractivity (Wildman–Crippen MR) is 115 cm³/mol. The Hall–Kier alpha value is -3.30. The van der Waals surface area contributed by atoms with Gasteiger partial charge >= 0.3 is 0 Å². The Balaban J connectivity index is 1.56. The zero-order valence-corrected chi connectivity index (χ0v) is 16.7. The number of aromatic nitrogens is 3. The van der Waals surface area contributed by atoms with Gasteiger partial charge < -0.3 is 15.0 Å². The molecule has 1 aromatic heterocycles. The minimum Gasteiger partial charge on any atom is -0.378 e. The summed E-state index contributed by atoms with van der Waals surface area (Å²) in [6, 6.07) is 13.2. The lowest BCUT2D eigenvalue weighted by Gasteiger charge is -2.27. The van der Waals surface area contributed by atoms with Crippen molar-refractivity contribution in [2.45, 2.75) is 0 Å². The molecule has 0 spiro atoms. The van der Waals surface area contributed by atoms with Crippen molar-refractivity contribution in [1.82, 2.24) is 15.0 Å². The number of halogens is 2. The number of anilines is 4. The third-order valence-corrected chi connectivity index (χ3v) is 4.48. The van der Waals surface area contributed by atoms with Crippen molar-refractivity contribution >= 4 is 41.3 Å². The summed E-state index contributed by atoms with van der Waals surface area (Å²) in [5.41, 5.74) is 4.33. The van der Waals surface area contributed by atoms with E-state index in [-0.39, 0.29) is 11.8 Å². The first kappa shape index (κ1) is 20.0. The monoisotopic (exact) mass is 427 g/mol. The number of rotatable bonds is 6. The second-order valence-corrected chi connectivity index (χ2v) is 6.88. The molecule has 1 aliphatic rings. The smallest absolute Gasteiger partial charge is 0.250 e. The number of hydrogen-bond donors (Lipinski definition) is 2. The van der Waals surface area contributed by atoms with Gasteiger partial charge in [0.2, 0.25) is 17.8 Å². The molecule has 0 aliphatic carbocycles. The number of ether oxygens (including phenoxy) is 1. The molecule has 3 aromatic rings. The molecule has 1 saturated heterocycles. The van der Waals surface area contributed by atoms with Gasteiger partial charge in [0, 0.05) is 23.8 Å². The topological polar surface area (TPSA) is 87.6 Å². The maximum Gasteiger partial charge on any atom is 0.250 e. The molecule has 8 nitrogen and oxygen atoms in total. The lowest BCUT2D eigenvalue weighted by Crippen LogP contribution is -2.37. The van der Waals surface area contributed by atoms with E-state index in [4.69, 9.17) is 16.3 Å². The van der Waals surface area contributed by atoms with Gasteiger partial charge in [0.25, 0.3) is 0 Å². The number of hydrogen-bond acceptors (Lipinski definition) is 8. The minimum absolute atomic E-state index is 0.273. The third-order valence-electron chi connectivity index (χ3n) is 4.24. The highest BCUT2D eigenvalue weighted by Gasteiger charge is 2.16. The van der Waals surface area contributed by atoms with E-state index in [1.54, 1.807) is 30.5 Å². The summed E-state index contributed by atoms with van der Waals surface area (Å²) in [4.78, 5) is 15.3. The molecule has 0 radical (unpaired) electrons. The highest BCUT2D eigenvalue weighted by Crippen LogP contribution is 2.19. The number of nitrogens with zero attached hydrogens (tertiary/aromatic N) is 5. The molecule has 30 heavy (non-hydrogen) atoms. The van der Waals surface area contributed by atoms with E-state index in [9.17, 15) is 4.39 Å². The van der Waals surface area contributed by atoms with Crippen LogP contribution in [0.5, 0.6) is 0 Å². The normalized spacial score (nSPS) is 14.1. The van der Waals surface area contributed by atoms with Gasteiger partial charge in [0.15, 0.2) is 0 Å². The number of nitrogens with one attached hydrogen (secondary N) is 2. The molecule has 1 aliphatic heterocycles. The van der Waals surface area contributed by atoms with Crippen molar-refractivity contribution in [2.75, 3.05) is 41.9 Å². The lowest BCUT2D eigenvalue weighted by atomic mass is 10.2. The molecule has 154 valence electrons. The van der Waals surface area contributed by atoms with Crippen molar-refractivity contribution in [1.29, 1.82) is 0 Å². The fraction of sp³-hybridized carbons (Fsp3) is 0.200. The van der Waals surface area contributed by atoms with Crippen LogP contribution < -0.4 is 15.6 Å². The molecule has 2 heterocycles. The molecule has 0 unspecified atom stereocenters. The second kappa shape index (κ2) is 9.47. The fourth-order valence-electron chi connectivity index (χ4n) is 2.79. The Bertz CT molecular complexity index is 1030. The molecule has 2 aromatic carbocycles. The Morgan fingerprint density at radius 2 is 1.80 bits per heavy atom. The Morgan fingerprint density at radius 1 is 1.03 bits per heavy atom. The van der Waals surface area contributed by atoms with Crippen LogP contribution in [0.2, 0.25) is 5.02 Å². The van der Waals surface area contributed by atoms with Crippen molar-refractivity contribution < 1.29 is 9.13 Å². The third kappa shape index (κ3) is 5.40. The van der Waals surface area contributed by atoms with Crippen LogP contribution in [0.25, 0.3) is 0 Å². The fourth-order valence-corrected chi connectivity index (χ4v) is 2.99. The van der Waals surface area contributed by atoms with Crippen molar-refractivity contribution in [2.24, 2.45) is 5.10 Å². The molecule has 1 fully saturated rings. The zero-order valence-electron chi connectivity index (χ0n) is 15.9. The van der Waals surface area contributed by atoms with Crippen molar-refractivity contribution in [3.05, 3.63) is 64.9 Å². The Kier molecular flexibility index (Phi) is 6.31. The van der Waals surface area contributed by atoms with Crippen LogP contribution in [-0.2, 0) is 4.74 Å². The van der Waals surface area contributed by atoms with Crippen LogP contribution in [-0.4, -0.2) is 47.5 Å². The van der Waals surface area contributed by atoms with E-state index in [1.165, 1.54) is 12.1 Å². The number of benzene rings is 2. The quantitative estimate of drug-likeness (QED) is 0.458. The van der Waals surface area contributed by atoms with Gasteiger partial charge in [-0.25, -0.2) is 9.82 Å². The summed E-state index contributed by atoms with van der Waals surface area (Å²) in [6.07, 6.45) is 1.62. The van der Waals surface area contributed by atoms with Crippen LogP contribution in [0.3, 0.4) is 0 Å². The van der Waals surface area contributed by atoms with E-state index in [0.717, 1.165) is 5.56 Å². The molecule has 0 amide bonds. The highest BCUT2D eigenvalue weighted by molar-refractivity contribution is 6.30. The molecule has 0 saturated carbocycles. The number of morpholine rings is 1. The molecule has 0 atom stereocenters. The van der Waals surface area contributed by atoms with Gasteiger partial charge in [0.1, 0.15) is 5.82 Å². The average Bonchev–Trinajstić information content (AvgIpc) is 2.76. The summed E-state index contributed by atoms with van der Waals surface area (Å²) in [7, 11) is 0. The van der Waals surface area contributed by atoms with Gasteiger partial charge in [-0.15, -0.1) is 0 Å². The second-order valence-electron chi connectivity index (χ2n) is 6.44. The van der Waals surface area contributed by atoms with E-state index in [0.29, 0.717) is 48.9 Å². The van der Waals surface area contributed by atoms with Crippen LogP contribution in [0, 0.1) is 5.82 Å². The molecule has 10 heteroatoms. The first-order valence-electron chi connectivity index (χ1n) is 9.32. The molecular formula is C20H19ClFN7O. The largest absolute Gasteiger partial charge is 0.378 e. The van der Waals surface area contributed by atoms with Crippen molar-refractivity contribution in [3.8, 4) is 0 Å². The van der Waals surface area contributed by atoms with Gasteiger partial charge in [-0.3, -0.25) is 0 Å². The Morgan fingerprint density at radius 3 is 2.57 bits per heavy atom. The minimum atomic E-state index is -0.317. The summed E-state index contributed by atoms with van der Waals surface area (Å²) < 4.78 is 18.6. The maximum absolute atomic E-state index is 13.2. The molecule has 2 N–H and O–H groups in total. The van der Waals surface area contributed by atoms with Crippen LogP contribution >= 0.6 is 11.6 Å². The van der Waals surface area contributed by atoms with Gasteiger partial charge in [0.05, 0.1) is 19.4 Å². The SMILES string of the molecule is Fc1ccc(Nc2nc(N/N=C\c3cccc(Cl)c3)nc(N3CCOCC3)n2)cc1. The summed E-state index contributed by atoms with van der Waals surface area (Å²) in [5, 5.41) is 7.89. The van der Waals surface area contributed by atoms with E-state index < -0.39 is 0 Å². The standard InChI is InChI=1S/C20H19ClFN7O/c21-15-3-1-2-14(12-15)13-23-28-19-25-18(24-17-6-4-16(22)5-7-17)26-20(27-19)29-8-10-30-11-9-29/h1-7,12-13H,8-11H2,(H2,24,25,26,27,28)/b23-13-. The first-order chi connectivity index (χ1) is 14.7. The molecule has 0 bridgehead atoms. The first-order valence-corrected chi connectivity index (χ1v) is 9.69. The van der Waals surface area contributed by atoms with Crippen LogP contribution in [0.15, 0.2) is 53.6 Å². The van der Waals surface area contributed by atoms with Crippen LogP contribution in [0.1, 0.15) is 5.56 Å². The van der Waals surface area contributed by atoms with E-state index >= 15 is 0 Å². The number of hydrazone groups is 1. The molecule has 4 rings (SSSR count). The summed E-state index contributed by atoms with van der Waals surface area (Å²) >= 11 is 5.99. The molecular weight excluding hydrogens is 409 g/mol. The van der Waals surface area contributed by atoms with E-state index in [2.05, 4.69) is 30.8 Å².